The highest BCUT2D eigenvalue weighted by atomic mass is 16.6. The number of aliphatic carboxylic acids is 3. The van der Waals surface area contributed by atoms with Gasteiger partial charge in [0.15, 0.2) is 24.4 Å². The molecule has 0 radical (unpaired) electrons. The number of aliphatic hydroxyl groups is 4. The molecule has 0 aromatic rings. The number of hydrogen-bond donors (Lipinski definition) is 7. The maximum atomic E-state index is 11.2. The molecule has 14 heteroatoms. The number of carbonyl (C=O) groups is 5. The lowest BCUT2D eigenvalue weighted by atomic mass is 10.2. The first kappa shape index (κ1) is 27.4. The Balaban J connectivity index is 0. The molecule has 0 aliphatic heterocycles. The number of ether oxygens (including phenoxy) is 2. The molecule has 0 aromatic heterocycles. The average molecular weight is 414 g/mol. The second-order valence-corrected chi connectivity index (χ2v) is 5.05. The number of carboxylic acid groups (broad SMARTS) is 3. The molecule has 0 rings (SSSR count). The minimum absolute atomic E-state index is 0.180. The summed E-state index contributed by atoms with van der Waals surface area (Å²) >= 11 is 0. The van der Waals surface area contributed by atoms with Gasteiger partial charge in [-0.25, -0.2) is 19.2 Å². The minimum atomic E-state index is -2.27. The van der Waals surface area contributed by atoms with Crippen molar-refractivity contribution >= 4 is 29.8 Å². The zero-order valence-electron chi connectivity index (χ0n) is 14.8. The van der Waals surface area contributed by atoms with Gasteiger partial charge in [-0.15, -0.1) is 0 Å². The molecular formula is C14H22O14. The number of rotatable bonds is 10. The Morgan fingerprint density at radius 2 is 1.11 bits per heavy atom. The Morgan fingerprint density at radius 3 is 1.43 bits per heavy atom. The molecule has 0 fully saturated rings. The van der Waals surface area contributed by atoms with Gasteiger partial charge in [-0.3, -0.25) is 4.79 Å². The molecule has 0 heterocycles. The Kier molecular flexibility index (Phi) is 13.1. The van der Waals surface area contributed by atoms with Crippen LogP contribution in [0.3, 0.4) is 0 Å². The van der Waals surface area contributed by atoms with E-state index in [2.05, 4.69) is 9.47 Å². The normalized spacial score (nSPS) is 15.5. The first-order valence-corrected chi connectivity index (χ1v) is 7.52. The van der Waals surface area contributed by atoms with Gasteiger partial charge in [0.1, 0.15) is 6.10 Å². The lowest BCUT2D eigenvalue weighted by Gasteiger charge is -2.17. The summed E-state index contributed by atoms with van der Waals surface area (Å²) in [5, 5.41) is 58.9. The molecule has 0 aliphatic rings. The van der Waals surface area contributed by atoms with Gasteiger partial charge in [-0.05, 0) is 13.8 Å². The Bertz CT molecular complexity index is 540. The van der Waals surface area contributed by atoms with Gasteiger partial charge < -0.3 is 45.2 Å². The maximum Gasteiger partial charge on any atom is 0.338 e. The second kappa shape index (κ2) is 13.4. The summed E-state index contributed by atoms with van der Waals surface area (Å²) in [4.78, 5) is 52.1. The zero-order valence-corrected chi connectivity index (χ0v) is 14.8. The molecule has 0 aliphatic carbocycles. The van der Waals surface area contributed by atoms with Crippen LogP contribution in [-0.2, 0) is 33.4 Å². The zero-order chi connectivity index (χ0) is 22.6. The summed E-state index contributed by atoms with van der Waals surface area (Å²) in [6.07, 6.45) is -10.1. The first-order chi connectivity index (χ1) is 12.8. The highest BCUT2D eigenvalue weighted by molar-refractivity contribution is 5.84. The van der Waals surface area contributed by atoms with Crippen LogP contribution in [-0.4, -0.2) is 103 Å². The van der Waals surface area contributed by atoms with Crippen LogP contribution in [0.5, 0.6) is 0 Å². The van der Waals surface area contributed by atoms with Crippen molar-refractivity contribution < 1.29 is 69.2 Å². The number of carbonyl (C=O) groups excluding carboxylic acids is 2. The molecular weight excluding hydrogens is 392 g/mol. The highest BCUT2D eigenvalue weighted by Gasteiger charge is 2.32. The molecule has 0 spiro atoms. The average Bonchev–Trinajstić information content (AvgIpc) is 2.59. The number of aliphatic hydroxyl groups excluding tert-OH is 4. The smallest absolute Gasteiger partial charge is 0.338 e. The van der Waals surface area contributed by atoms with Gasteiger partial charge in [0.25, 0.3) is 0 Å². The van der Waals surface area contributed by atoms with E-state index in [9.17, 15) is 24.0 Å². The predicted molar refractivity (Wildman–Crippen MR) is 83.7 cm³/mol. The summed E-state index contributed by atoms with van der Waals surface area (Å²) < 4.78 is 9.19. The minimum Gasteiger partial charge on any atom is -0.479 e. The van der Waals surface area contributed by atoms with E-state index in [1.54, 1.807) is 6.92 Å². The molecule has 28 heavy (non-hydrogen) atoms. The molecule has 0 saturated carbocycles. The number of hydrogen-bond acceptors (Lipinski definition) is 11. The third kappa shape index (κ3) is 11.0. The molecule has 5 unspecified atom stereocenters. The van der Waals surface area contributed by atoms with E-state index >= 15 is 0 Å². The molecule has 162 valence electrons. The van der Waals surface area contributed by atoms with Crippen molar-refractivity contribution in [2.24, 2.45) is 0 Å². The highest BCUT2D eigenvalue weighted by Crippen LogP contribution is 2.04. The van der Waals surface area contributed by atoms with Crippen LogP contribution in [0.2, 0.25) is 0 Å². The number of esters is 2. The van der Waals surface area contributed by atoms with Crippen molar-refractivity contribution in [3.63, 3.8) is 0 Å². The third-order valence-electron chi connectivity index (χ3n) is 2.68. The molecule has 0 saturated heterocycles. The van der Waals surface area contributed by atoms with Crippen LogP contribution in [0.4, 0.5) is 0 Å². The van der Waals surface area contributed by atoms with E-state index in [-0.39, 0.29) is 13.0 Å². The fraction of sp³-hybridized carbons (Fsp3) is 0.643. The van der Waals surface area contributed by atoms with Crippen molar-refractivity contribution in [1.82, 2.24) is 0 Å². The van der Waals surface area contributed by atoms with Gasteiger partial charge >= 0.3 is 29.8 Å². The predicted octanol–water partition coefficient (Wildman–Crippen LogP) is -3.44. The monoisotopic (exact) mass is 414 g/mol. The Labute approximate surface area is 157 Å². The van der Waals surface area contributed by atoms with Crippen LogP contribution in [0, 0.1) is 0 Å². The number of carboxylic acids is 3. The van der Waals surface area contributed by atoms with E-state index in [1.165, 1.54) is 6.92 Å². The van der Waals surface area contributed by atoms with E-state index in [1.807, 2.05) is 0 Å². The van der Waals surface area contributed by atoms with E-state index < -0.39 is 60.4 Å². The Morgan fingerprint density at radius 1 is 0.750 bits per heavy atom. The lowest BCUT2D eigenvalue weighted by molar-refractivity contribution is -0.174. The molecule has 0 bridgehead atoms. The van der Waals surface area contributed by atoms with Gasteiger partial charge in [0, 0.05) is 0 Å². The van der Waals surface area contributed by atoms with Crippen LogP contribution in [0.1, 0.15) is 20.3 Å². The van der Waals surface area contributed by atoms with E-state index in [0.29, 0.717) is 0 Å². The van der Waals surface area contributed by atoms with Crippen molar-refractivity contribution in [2.45, 2.75) is 50.8 Å². The summed E-state index contributed by atoms with van der Waals surface area (Å²) in [6, 6.07) is 0. The van der Waals surface area contributed by atoms with E-state index in [0.717, 1.165) is 0 Å². The van der Waals surface area contributed by atoms with Crippen LogP contribution >= 0.6 is 0 Å². The van der Waals surface area contributed by atoms with Crippen LogP contribution < -0.4 is 0 Å². The topological polar surface area (TPSA) is 245 Å². The van der Waals surface area contributed by atoms with E-state index in [4.69, 9.17) is 35.7 Å². The molecule has 0 aromatic carbocycles. The summed E-state index contributed by atoms with van der Waals surface area (Å²) in [7, 11) is 0. The Hall–Kier alpha value is -2.81. The first-order valence-electron chi connectivity index (χ1n) is 7.52. The molecule has 14 nitrogen and oxygen atoms in total. The SMILES string of the molecule is CCOC(=O)CC(C)OC(=O)C(O)C(O)C(=O)O.O=C(O)C(O)C(O)C(=O)O. The van der Waals surface area contributed by atoms with Crippen molar-refractivity contribution in [3.8, 4) is 0 Å². The standard InChI is InChI=1S/C10H16O8.C4H6O6/c1-3-17-6(11)4-5(2)18-10(16)8(13)7(12)9(14)15;5-1(3(7)8)2(6)4(9)10/h5,7-8,12-13H,3-4H2,1-2H3,(H,14,15);1-2,5-6H,(H,7,8)(H,9,10). The van der Waals surface area contributed by atoms with Crippen molar-refractivity contribution in [2.75, 3.05) is 6.61 Å². The van der Waals surface area contributed by atoms with Gasteiger partial charge in [0.2, 0.25) is 0 Å². The van der Waals surface area contributed by atoms with Crippen LogP contribution in [0.15, 0.2) is 0 Å². The van der Waals surface area contributed by atoms with Gasteiger partial charge in [0.05, 0.1) is 13.0 Å². The lowest BCUT2D eigenvalue weighted by Crippen LogP contribution is -2.41. The van der Waals surface area contributed by atoms with Crippen molar-refractivity contribution in [3.05, 3.63) is 0 Å². The molecule has 0 amide bonds. The van der Waals surface area contributed by atoms with Crippen LogP contribution in [0.25, 0.3) is 0 Å². The molecule has 7 N–H and O–H groups in total. The fourth-order valence-corrected chi connectivity index (χ4v) is 1.30. The summed E-state index contributed by atoms with van der Waals surface area (Å²) in [5.74, 6) is -7.20. The quantitative estimate of drug-likeness (QED) is 0.172. The maximum absolute atomic E-state index is 11.2. The molecule has 5 atom stereocenters. The second-order valence-electron chi connectivity index (χ2n) is 5.05. The largest absolute Gasteiger partial charge is 0.479 e. The van der Waals surface area contributed by atoms with Gasteiger partial charge in [-0.2, -0.15) is 0 Å². The third-order valence-corrected chi connectivity index (χ3v) is 2.68. The fourth-order valence-electron chi connectivity index (χ4n) is 1.30. The van der Waals surface area contributed by atoms with Gasteiger partial charge in [-0.1, -0.05) is 0 Å². The summed E-state index contributed by atoms with van der Waals surface area (Å²) in [5.41, 5.74) is 0. The summed E-state index contributed by atoms with van der Waals surface area (Å²) in [6.45, 7) is 3.16. The van der Waals surface area contributed by atoms with Crippen molar-refractivity contribution in [1.29, 1.82) is 0 Å².